The number of benzene rings is 1. The molecule has 0 fully saturated rings. The average Bonchev–Trinajstić information content (AvgIpc) is 3.21. The van der Waals surface area contributed by atoms with E-state index in [1.54, 1.807) is 6.92 Å². The summed E-state index contributed by atoms with van der Waals surface area (Å²) in [6.07, 6.45) is 0.964. The number of hydrogen-bond donors (Lipinski definition) is 2. The fourth-order valence-corrected chi connectivity index (χ4v) is 2.76. The molecule has 1 aromatic carbocycles. The summed E-state index contributed by atoms with van der Waals surface area (Å²) in [5, 5.41) is 4.74. The number of amides is 1. The first-order valence-electron chi connectivity index (χ1n) is 9.03. The van der Waals surface area contributed by atoms with Crippen LogP contribution in [0.15, 0.2) is 54.9 Å². The van der Waals surface area contributed by atoms with Crippen LogP contribution in [0.4, 0.5) is 18.9 Å². The molecule has 2 N–H and O–H groups in total. The van der Waals surface area contributed by atoms with Gasteiger partial charge in [0.25, 0.3) is 0 Å². The number of pyridine rings is 1. The Bertz CT molecular complexity index is 852. The van der Waals surface area contributed by atoms with Crippen LogP contribution in [0.1, 0.15) is 24.2 Å². The van der Waals surface area contributed by atoms with Crippen LogP contribution in [0.2, 0.25) is 0 Å². The molecule has 9 heteroatoms. The van der Waals surface area contributed by atoms with E-state index in [2.05, 4.69) is 20.5 Å². The Kier molecular flexibility index (Phi) is 6.38. The van der Waals surface area contributed by atoms with Crippen molar-refractivity contribution in [2.45, 2.75) is 25.6 Å². The van der Waals surface area contributed by atoms with Crippen molar-refractivity contribution < 1.29 is 22.7 Å². The van der Waals surface area contributed by atoms with Gasteiger partial charge < -0.3 is 10.1 Å². The van der Waals surface area contributed by atoms with Crippen molar-refractivity contribution >= 4 is 11.6 Å². The second kappa shape index (κ2) is 8.95. The average molecular weight is 406 g/mol. The third-order valence-electron chi connectivity index (χ3n) is 4.20. The number of nitrogens with one attached hydrogen (secondary N) is 2. The maximum absolute atomic E-state index is 12.3. The summed E-state index contributed by atoms with van der Waals surface area (Å²) in [6, 6.07) is 10.2. The molecule has 1 atom stereocenters. The van der Waals surface area contributed by atoms with Crippen LogP contribution in [0, 0.1) is 0 Å². The number of ether oxygens (including phenoxy) is 1. The number of hydrogen-bond acceptors (Lipinski definition) is 5. The monoisotopic (exact) mass is 406 g/mol. The van der Waals surface area contributed by atoms with Gasteiger partial charge in [-0.3, -0.25) is 14.8 Å². The summed E-state index contributed by atoms with van der Waals surface area (Å²) in [5.41, 5.74) is 5.54. The van der Waals surface area contributed by atoms with Crippen molar-refractivity contribution in [1.29, 1.82) is 0 Å². The summed E-state index contributed by atoms with van der Waals surface area (Å²) in [5.74, 6) is -0.157. The van der Waals surface area contributed by atoms with Crippen LogP contribution in [-0.4, -0.2) is 30.2 Å². The molecule has 2 heterocycles. The summed E-state index contributed by atoms with van der Waals surface area (Å²) in [4.78, 5) is 16.4. The lowest BCUT2D eigenvalue weighted by Crippen LogP contribution is -2.29. The molecule has 6 nitrogen and oxygen atoms in total. The highest BCUT2D eigenvalue weighted by molar-refractivity contribution is 5.79. The quantitative estimate of drug-likeness (QED) is 0.739. The van der Waals surface area contributed by atoms with E-state index < -0.39 is 18.8 Å². The van der Waals surface area contributed by atoms with Crippen molar-refractivity contribution in [3.63, 3.8) is 0 Å². The first-order valence-corrected chi connectivity index (χ1v) is 9.03. The third kappa shape index (κ3) is 6.21. The van der Waals surface area contributed by atoms with Crippen molar-refractivity contribution in [1.82, 2.24) is 15.7 Å². The highest BCUT2D eigenvalue weighted by Crippen LogP contribution is 2.20. The lowest BCUT2D eigenvalue weighted by atomic mass is 10.1. The maximum Gasteiger partial charge on any atom is 0.422 e. The van der Waals surface area contributed by atoms with Crippen LogP contribution in [0.5, 0.6) is 5.75 Å². The molecule has 1 amide bonds. The molecule has 0 aliphatic carbocycles. The van der Waals surface area contributed by atoms with Crippen LogP contribution >= 0.6 is 0 Å². The van der Waals surface area contributed by atoms with Gasteiger partial charge in [-0.25, -0.2) is 5.43 Å². The topological polar surface area (TPSA) is 66.5 Å². The van der Waals surface area contributed by atoms with E-state index in [1.807, 2.05) is 41.6 Å². The van der Waals surface area contributed by atoms with E-state index in [1.165, 1.54) is 18.3 Å². The summed E-state index contributed by atoms with van der Waals surface area (Å²) in [6.45, 7) is 1.17. The molecular weight excluding hydrogens is 385 g/mol. The molecule has 29 heavy (non-hydrogen) atoms. The van der Waals surface area contributed by atoms with Crippen LogP contribution in [0.25, 0.3) is 0 Å². The van der Waals surface area contributed by atoms with Gasteiger partial charge in [0.2, 0.25) is 5.91 Å². The highest BCUT2D eigenvalue weighted by Gasteiger charge is 2.28. The van der Waals surface area contributed by atoms with Crippen LogP contribution in [0.3, 0.4) is 0 Å². The number of aromatic nitrogens is 1. The van der Waals surface area contributed by atoms with Crippen molar-refractivity contribution in [2.75, 3.05) is 18.2 Å². The Morgan fingerprint density at radius 1 is 1.28 bits per heavy atom. The first-order chi connectivity index (χ1) is 13.8. The Balaban J connectivity index is 1.50. The number of carbonyl (C=O) groups is 1. The molecule has 3 rings (SSSR count). The van der Waals surface area contributed by atoms with Crippen molar-refractivity contribution in [3.05, 3.63) is 66.1 Å². The van der Waals surface area contributed by atoms with E-state index in [0.29, 0.717) is 5.69 Å². The minimum Gasteiger partial charge on any atom is -0.483 e. The zero-order chi connectivity index (χ0) is 20.9. The third-order valence-corrected chi connectivity index (χ3v) is 4.20. The normalized spacial score (nSPS) is 14.7. The van der Waals surface area contributed by atoms with Gasteiger partial charge in [0.1, 0.15) is 5.75 Å². The minimum atomic E-state index is -4.40. The molecule has 1 aromatic heterocycles. The number of hydrazine groups is 1. The Morgan fingerprint density at radius 3 is 2.62 bits per heavy atom. The smallest absolute Gasteiger partial charge is 0.422 e. The first kappa shape index (κ1) is 20.7. The van der Waals surface area contributed by atoms with Crippen molar-refractivity contribution in [3.8, 4) is 5.75 Å². The molecule has 0 saturated carbocycles. The number of alkyl halides is 3. The molecule has 0 unspecified atom stereocenters. The predicted octanol–water partition coefficient (Wildman–Crippen LogP) is 3.28. The predicted molar refractivity (Wildman–Crippen MR) is 102 cm³/mol. The fraction of sp³-hybridized carbons (Fsp3) is 0.300. The van der Waals surface area contributed by atoms with Crippen molar-refractivity contribution in [2.24, 2.45) is 0 Å². The molecule has 154 valence electrons. The second-order valence-electron chi connectivity index (χ2n) is 6.57. The van der Waals surface area contributed by atoms with E-state index in [-0.39, 0.29) is 18.1 Å². The molecule has 0 saturated heterocycles. The molecule has 0 bridgehead atoms. The lowest BCUT2D eigenvalue weighted by molar-refractivity contribution is -0.153. The SMILES string of the molecule is C[C@@H](NC(=O)Cc1ccc(N2C=CCN2)cc1)c1ccc(OCC(F)(F)F)cn1. The summed E-state index contributed by atoms with van der Waals surface area (Å²) in [7, 11) is 0. The summed E-state index contributed by atoms with van der Waals surface area (Å²) < 4.78 is 41.1. The van der Waals surface area contributed by atoms with Gasteiger partial charge in [-0.2, -0.15) is 13.2 Å². The van der Waals surface area contributed by atoms with E-state index >= 15 is 0 Å². The summed E-state index contributed by atoms with van der Waals surface area (Å²) >= 11 is 0. The standard InChI is InChI=1S/C20H21F3N4O2/c1-14(18-8-7-17(12-24-18)29-13-20(21,22)23)26-19(28)11-15-3-5-16(6-4-15)27-10-2-9-25-27/h2-8,10,12,14,25H,9,11,13H2,1H3,(H,26,28)/t14-/m1/s1. The largest absolute Gasteiger partial charge is 0.483 e. The van der Waals surface area contributed by atoms with Gasteiger partial charge in [0.15, 0.2) is 6.61 Å². The molecule has 1 aliphatic heterocycles. The fourth-order valence-electron chi connectivity index (χ4n) is 2.76. The second-order valence-corrected chi connectivity index (χ2v) is 6.57. The number of carbonyl (C=O) groups excluding carboxylic acids is 1. The number of halogens is 3. The van der Waals surface area contributed by atoms with Gasteiger partial charge in [-0.05, 0) is 36.8 Å². The van der Waals surface area contributed by atoms with Crippen LogP contribution in [-0.2, 0) is 11.2 Å². The molecule has 0 spiro atoms. The minimum absolute atomic E-state index is 0.0204. The number of nitrogens with zero attached hydrogens (tertiary/aromatic N) is 2. The molecule has 1 aliphatic rings. The molecule has 0 radical (unpaired) electrons. The number of anilines is 1. The van der Waals surface area contributed by atoms with Gasteiger partial charge in [0.05, 0.1) is 30.0 Å². The number of rotatable bonds is 7. The Hall–Kier alpha value is -3.07. The lowest BCUT2D eigenvalue weighted by Gasteiger charge is -2.17. The van der Waals surface area contributed by atoms with Gasteiger partial charge in [-0.15, -0.1) is 0 Å². The Labute approximate surface area is 166 Å². The van der Waals surface area contributed by atoms with Crippen LogP contribution < -0.4 is 20.5 Å². The maximum atomic E-state index is 12.3. The zero-order valence-electron chi connectivity index (χ0n) is 15.7. The van der Waals surface area contributed by atoms with Gasteiger partial charge in [0, 0.05) is 12.7 Å². The van der Waals surface area contributed by atoms with E-state index in [4.69, 9.17) is 0 Å². The zero-order valence-corrected chi connectivity index (χ0v) is 15.7. The van der Waals surface area contributed by atoms with E-state index in [0.717, 1.165) is 17.8 Å². The van der Waals surface area contributed by atoms with E-state index in [9.17, 15) is 18.0 Å². The van der Waals surface area contributed by atoms with Gasteiger partial charge >= 0.3 is 6.18 Å². The highest BCUT2D eigenvalue weighted by atomic mass is 19.4. The van der Waals surface area contributed by atoms with Gasteiger partial charge in [-0.1, -0.05) is 18.2 Å². The molecular formula is C20H21F3N4O2. The Morgan fingerprint density at radius 2 is 2.03 bits per heavy atom. The molecule has 2 aromatic rings.